The number of ether oxygens (including phenoxy) is 2. The largest absolute Gasteiger partial charge is 0.485 e. The highest BCUT2D eigenvalue weighted by Gasteiger charge is 2.28. The monoisotopic (exact) mass is 289 g/mol. The van der Waals surface area contributed by atoms with Gasteiger partial charge in [-0.05, 0) is 30.3 Å². The molecule has 102 valence electrons. The van der Waals surface area contributed by atoms with E-state index in [0.29, 0.717) is 27.8 Å². The number of halogens is 1. The molecule has 1 unspecified atom stereocenters. The third-order valence-electron chi connectivity index (χ3n) is 3.09. The topological polar surface area (TPSA) is 61.6 Å². The molecular formula is C15H12ClNO3. The summed E-state index contributed by atoms with van der Waals surface area (Å²) in [7, 11) is 0. The first-order chi connectivity index (χ1) is 9.65. The SMILES string of the molecule is Nc1ccc(C(=O)C2COc3ccccc3O2)cc1Cl. The van der Waals surface area contributed by atoms with E-state index < -0.39 is 6.10 Å². The first-order valence-electron chi connectivity index (χ1n) is 6.13. The predicted molar refractivity (Wildman–Crippen MR) is 76.5 cm³/mol. The number of fused-ring (bicyclic) bond motifs is 1. The fourth-order valence-electron chi connectivity index (χ4n) is 2.02. The lowest BCUT2D eigenvalue weighted by Crippen LogP contribution is -2.36. The Morgan fingerprint density at radius 3 is 2.70 bits per heavy atom. The molecule has 1 aliphatic rings. The van der Waals surface area contributed by atoms with Crippen LogP contribution in [-0.4, -0.2) is 18.5 Å². The number of hydrogen-bond acceptors (Lipinski definition) is 4. The number of nitrogens with two attached hydrogens (primary N) is 1. The Morgan fingerprint density at radius 2 is 1.95 bits per heavy atom. The van der Waals surface area contributed by atoms with Crippen molar-refractivity contribution >= 4 is 23.1 Å². The normalized spacial score (nSPS) is 16.8. The van der Waals surface area contributed by atoms with Gasteiger partial charge in [0.2, 0.25) is 5.78 Å². The second kappa shape index (κ2) is 5.06. The minimum absolute atomic E-state index is 0.178. The van der Waals surface area contributed by atoms with Gasteiger partial charge in [-0.25, -0.2) is 0 Å². The van der Waals surface area contributed by atoms with E-state index in [-0.39, 0.29) is 12.4 Å². The number of anilines is 1. The van der Waals surface area contributed by atoms with Crippen molar-refractivity contribution in [2.45, 2.75) is 6.10 Å². The van der Waals surface area contributed by atoms with Crippen LogP contribution in [0.25, 0.3) is 0 Å². The minimum atomic E-state index is -0.676. The summed E-state index contributed by atoms with van der Waals surface area (Å²) < 4.78 is 11.2. The van der Waals surface area contributed by atoms with Gasteiger partial charge in [0, 0.05) is 5.56 Å². The van der Waals surface area contributed by atoms with E-state index >= 15 is 0 Å². The second-order valence-corrected chi connectivity index (χ2v) is 4.87. The van der Waals surface area contributed by atoms with Crippen LogP contribution in [0.5, 0.6) is 11.5 Å². The summed E-state index contributed by atoms with van der Waals surface area (Å²) in [6.07, 6.45) is -0.676. The van der Waals surface area contributed by atoms with Crippen molar-refractivity contribution in [2.24, 2.45) is 0 Å². The molecule has 0 bridgehead atoms. The molecule has 5 heteroatoms. The van der Waals surface area contributed by atoms with Crippen LogP contribution in [0.2, 0.25) is 5.02 Å². The lowest BCUT2D eigenvalue weighted by molar-refractivity contribution is 0.0586. The number of carbonyl (C=O) groups excluding carboxylic acids is 1. The molecule has 20 heavy (non-hydrogen) atoms. The Morgan fingerprint density at radius 1 is 1.20 bits per heavy atom. The molecule has 0 radical (unpaired) electrons. The van der Waals surface area contributed by atoms with Crippen molar-refractivity contribution in [2.75, 3.05) is 12.3 Å². The number of hydrogen-bond donors (Lipinski definition) is 1. The molecule has 4 nitrogen and oxygen atoms in total. The number of carbonyl (C=O) groups is 1. The van der Waals surface area contributed by atoms with Crippen LogP contribution in [0.1, 0.15) is 10.4 Å². The molecule has 1 aliphatic heterocycles. The molecule has 0 saturated carbocycles. The summed E-state index contributed by atoms with van der Waals surface area (Å²) >= 11 is 5.93. The summed E-state index contributed by atoms with van der Waals surface area (Å²) in [5, 5.41) is 0.355. The summed E-state index contributed by atoms with van der Waals surface area (Å²) in [5.41, 5.74) is 6.53. The first kappa shape index (κ1) is 12.8. The molecule has 2 aromatic rings. The van der Waals surface area contributed by atoms with E-state index in [2.05, 4.69) is 0 Å². The molecule has 0 saturated heterocycles. The maximum absolute atomic E-state index is 12.4. The van der Waals surface area contributed by atoms with Crippen molar-refractivity contribution in [1.82, 2.24) is 0 Å². The Bertz CT molecular complexity index is 672. The number of nitrogen functional groups attached to an aromatic ring is 1. The van der Waals surface area contributed by atoms with E-state index in [9.17, 15) is 4.79 Å². The zero-order valence-corrected chi connectivity index (χ0v) is 11.3. The van der Waals surface area contributed by atoms with Crippen LogP contribution in [0, 0.1) is 0 Å². The van der Waals surface area contributed by atoms with Crippen molar-refractivity contribution in [1.29, 1.82) is 0 Å². The van der Waals surface area contributed by atoms with Crippen molar-refractivity contribution in [3.63, 3.8) is 0 Å². The summed E-state index contributed by atoms with van der Waals surface area (Å²) in [5.74, 6) is 1.03. The Kier molecular flexibility index (Phi) is 3.24. The number of rotatable bonds is 2. The Hall–Kier alpha value is -2.20. The summed E-state index contributed by atoms with van der Waals surface area (Å²) in [4.78, 5) is 12.4. The van der Waals surface area contributed by atoms with Gasteiger partial charge >= 0.3 is 0 Å². The number of benzene rings is 2. The van der Waals surface area contributed by atoms with E-state index in [4.69, 9.17) is 26.8 Å². The predicted octanol–water partition coefficient (Wildman–Crippen LogP) is 2.94. The van der Waals surface area contributed by atoms with Gasteiger partial charge in [0.25, 0.3) is 0 Å². The summed E-state index contributed by atoms with van der Waals surface area (Å²) in [6, 6.07) is 12.0. The van der Waals surface area contributed by atoms with E-state index in [0.717, 1.165) is 0 Å². The van der Waals surface area contributed by atoms with Crippen molar-refractivity contribution in [3.8, 4) is 11.5 Å². The highest BCUT2D eigenvalue weighted by Crippen LogP contribution is 2.32. The average Bonchev–Trinajstić information content (AvgIpc) is 2.49. The fourth-order valence-corrected chi connectivity index (χ4v) is 2.20. The van der Waals surface area contributed by atoms with E-state index in [1.165, 1.54) is 0 Å². The zero-order chi connectivity index (χ0) is 14.1. The molecular weight excluding hydrogens is 278 g/mol. The van der Waals surface area contributed by atoms with Gasteiger partial charge in [0.05, 0.1) is 10.7 Å². The van der Waals surface area contributed by atoms with E-state index in [1.807, 2.05) is 12.1 Å². The number of ketones is 1. The molecule has 0 aromatic heterocycles. The number of Topliss-reactive ketones (excluding diaryl/α,β-unsaturated/α-hetero) is 1. The number of para-hydroxylation sites is 2. The van der Waals surface area contributed by atoms with Crippen molar-refractivity contribution < 1.29 is 14.3 Å². The van der Waals surface area contributed by atoms with Crippen LogP contribution in [0.15, 0.2) is 42.5 Å². The highest BCUT2D eigenvalue weighted by molar-refractivity contribution is 6.33. The van der Waals surface area contributed by atoms with Crippen LogP contribution >= 0.6 is 11.6 Å². The third-order valence-corrected chi connectivity index (χ3v) is 3.41. The lowest BCUT2D eigenvalue weighted by atomic mass is 10.1. The smallest absolute Gasteiger partial charge is 0.206 e. The quantitative estimate of drug-likeness (QED) is 0.682. The van der Waals surface area contributed by atoms with Gasteiger partial charge in [-0.1, -0.05) is 23.7 Å². The van der Waals surface area contributed by atoms with Gasteiger partial charge in [0.15, 0.2) is 17.6 Å². The molecule has 1 heterocycles. The average molecular weight is 290 g/mol. The molecule has 2 N–H and O–H groups in total. The standard InChI is InChI=1S/C15H12ClNO3/c16-10-7-9(5-6-11(10)17)15(18)14-8-19-12-3-1-2-4-13(12)20-14/h1-7,14H,8,17H2. The van der Waals surface area contributed by atoms with Crippen molar-refractivity contribution in [3.05, 3.63) is 53.1 Å². The van der Waals surface area contributed by atoms with Gasteiger partial charge in [0.1, 0.15) is 6.61 Å². The minimum Gasteiger partial charge on any atom is -0.485 e. The maximum Gasteiger partial charge on any atom is 0.206 e. The van der Waals surface area contributed by atoms with Gasteiger partial charge in [-0.2, -0.15) is 0 Å². The molecule has 0 fully saturated rings. The highest BCUT2D eigenvalue weighted by atomic mass is 35.5. The Balaban J connectivity index is 1.84. The van der Waals surface area contributed by atoms with Gasteiger partial charge in [-0.3, -0.25) is 4.79 Å². The van der Waals surface area contributed by atoms with E-state index in [1.54, 1.807) is 30.3 Å². The molecule has 2 aromatic carbocycles. The van der Waals surface area contributed by atoms with Gasteiger partial charge < -0.3 is 15.2 Å². The third kappa shape index (κ3) is 2.30. The maximum atomic E-state index is 12.4. The Labute approximate surface area is 121 Å². The molecule has 0 amide bonds. The van der Waals surface area contributed by atoms with Crippen LogP contribution in [0.3, 0.4) is 0 Å². The molecule has 0 spiro atoms. The van der Waals surface area contributed by atoms with Gasteiger partial charge in [-0.15, -0.1) is 0 Å². The zero-order valence-electron chi connectivity index (χ0n) is 10.5. The molecule has 0 aliphatic carbocycles. The van der Waals surface area contributed by atoms with Crippen LogP contribution in [-0.2, 0) is 0 Å². The fraction of sp³-hybridized carbons (Fsp3) is 0.133. The second-order valence-electron chi connectivity index (χ2n) is 4.46. The van der Waals surface area contributed by atoms with Crippen LogP contribution in [0.4, 0.5) is 5.69 Å². The molecule has 1 atom stereocenters. The first-order valence-corrected chi connectivity index (χ1v) is 6.50. The summed E-state index contributed by atoms with van der Waals surface area (Å²) in [6.45, 7) is 0.178. The lowest BCUT2D eigenvalue weighted by Gasteiger charge is -2.25. The van der Waals surface area contributed by atoms with Crippen LogP contribution < -0.4 is 15.2 Å². The molecule has 3 rings (SSSR count).